The molecule has 0 saturated carbocycles. The average Bonchev–Trinajstić information content (AvgIpc) is 2.94. The van der Waals surface area contributed by atoms with Crippen LogP contribution in [0.25, 0.3) is 0 Å². The topological polar surface area (TPSA) is 34.1 Å². The second kappa shape index (κ2) is 8.15. The molecule has 0 radical (unpaired) electrons. The second-order valence-electron chi connectivity index (χ2n) is 4.60. The van der Waals surface area contributed by atoms with Crippen LogP contribution in [0.2, 0.25) is 0 Å². The molecule has 1 aromatic heterocycles. The van der Waals surface area contributed by atoms with Crippen LogP contribution in [-0.4, -0.2) is 11.6 Å². The lowest BCUT2D eigenvalue weighted by molar-refractivity contribution is 0.133. The lowest BCUT2D eigenvalue weighted by Crippen LogP contribution is -2.14. The molecule has 1 heterocycles. The highest BCUT2D eigenvalue weighted by Gasteiger charge is 2.03. The Balaban J connectivity index is 1.87. The number of nitrogens with one attached hydrogen (secondary N) is 1. The van der Waals surface area contributed by atoms with E-state index in [2.05, 4.69) is 46.9 Å². The molecule has 0 aliphatic carbocycles. The zero-order valence-corrected chi connectivity index (χ0v) is 13.0. The molecule has 20 heavy (non-hydrogen) atoms. The first-order valence-electron chi connectivity index (χ1n) is 7.12. The van der Waals surface area contributed by atoms with E-state index in [0.29, 0.717) is 6.61 Å². The summed E-state index contributed by atoms with van der Waals surface area (Å²) in [5.74, 6) is 0. The predicted octanol–water partition coefficient (Wildman–Crippen LogP) is 3.53. The van der Waals surface area contributed by atoms with Gasteiger partial charge in [0, 0.05) is 25.1 Å². The maximum absolute atomic E-state index is 5.50. The Morgan fingerprint density at radius 1 is 1.15 bits per heavy atom. The minimum Gasteiger partial charge on any atom is -0.377 e. The zero-order chi connectivity index (χ0) is 14.2. The smallest absolute Gasteiger partial charge is 0.0926 e. The van der Waals surface area contributed by atoms with Crippen molar-refractivity contribution in [1.29, 1.82) is 0 Å². The van der Waals surface area contributed by atoms with E-state index in [1.54, 1.807) is 11.3 Å². The molecule has 2 rings (SSSR count). The summed E-state index contributed by atoms with van der Waals surface area (Å²) in [6, 6.07) is 8.42. The number of hydrogen-bond donors (Lipinski definition) is 1. The Morgan fingerprint density at radius 2 is 1.95 bits per heavy atom. The van der Waals surface area contributed by atoms with Crippen molar-refractivity contribution >= 4 is 11.3 Å². The standard InChI is InChI=1S/C16H22N2OS/c1-3-16-18-15(12-20-16)10-17-9-13-7-5-6-8-14(13)11-19-4-2/h5-8,12,17H,3-4,9-11H2,1-2H3. The average molecular weight is 290 g/mol. The van der Waals surface area contributed by atoms with E-state index in [4.69, 9.17) is 4.74 Å². The Labute approximate surface area is 125 Å². The van der Waals surface area contributed by atoms with Crippen molar-refractivity contribution in [3.05, 3.63) is 51.5 Å². The quantitative estimate of drug-likeness (QED) is 0.807. The van der Waals surface area contributed by atoms with E-state index in [1.165, 1.54) is 16.1 Å². The number of aryl methyl sites for hydroxylation is 1. The Bertz CT molecular complexity index is 525. The molecule has 2 aromatic rings. The van der Waals surface area contributed by atoms with Gasteiger partial charge in [-0.25, -0.2) is 4.98 Å². The first kappa shape index (κ1) is 15.2. The van der Waals surface area contributed by atoms with Gasteiger partial charge in [-0.05, 0) is 24.5 Å². The lowest BCUT2D eigenvalue weighted by atomic mass is 10.1. The van der Waals surface area contributed by atoms with Crippen LogP contribution in [-0.2, 0) is 30.9 Å². The molecule has 0 unspecified atom stereocenters. The molecular formula is C16H22N2OS. The van der Waals surface area contributed by atoms with Crippen LogP contribution in [0.3, 0.4) is 0 Å². The highest BCUT2D eigenvalue weighted by Crippen LogP contribution is 2.12. The van der Waals surface area contributed by atoms with Gasteiger partial charge in [-0.3, -0.25) is 0 Å². The SMILES string of the molecule is CCOCc1ccccc1CNCc1csc(CC)n1. The van der Waals surface area contributed by atoms with Crippen molar-refractivity contribution in [3.8, 4) is 0 Å². The lowest BCUT2D eigenvalue weighted by Gasteiger charge is -2.10. The molecule has 0 aliphatic heterocycles. The van der Waals surface area contributed by atoms with Crippen LogP contribution < -0.4 is 5.32 Å². The number of benzene rings is 1. The molecule has 4 heteroatoms. The van der Waals surface area contributed by atoms with Gasteiger partial charge in [0.25, 0.3) is 0 Å². The fourth-order valence-electron chi connectivity index (χ4n) is 2.00. The monoisotopic (exact) mass is 290 g/mol. The normalized spacial score (nSPS) is 10.9. The van der Waals surface area contributed by atoms with Crippen molar-refractivity contribution in [2.45, 2.75) is 40.0 Å². The summed E-state index contributed by atoms with van der Waals surface area (Å²) in [5, 5.41) is 6.80. The van der Waals surface area contributed by atoms with Crippen LogP contribution >= 0.6 is 11.3 Å². The fourth-order valence-corrected chi connectivity index (χ4v) is 2.75. The zero-order valence-electron chi connectivity index (χ0n) is 12.2. The number of aromatic nitrogens is 1. The number of hydrogen-bond acceptors (Lipinski definition) is 4. The molecule has 0 saturated heterocycles. The number of ether oxygens (including phenoxy) is 1. The molecule has 0 atom stereocenters. The third kappa shape index (κ3) is 4.40. The van der Waals surface area contributed by atoms with Gasteiger partial charge in [-0.2, -0.15) is 0 Å². The van der Waals surface area contributed by atoms with Crippen molar-refractivity contribution < 1.29 is 4.74 Å². The number of nitrogens with zero attached hydrogens (tertiary/aromatic N) is 1. The fraction of sp³-hybridized carbons (Fsp3) is 0.438. The molecule has 1 N–H and O–H groups in total. The third-order valence-electron chi connectivity index (χ3n) is 3.10. The van der Waals surface area contributed by atoms with Crippen molar-refractivity contribution in [3.63, 3.8) is 0 Å². The molecule has 0 fully saturated rings. The molecular weight excluding hydrogens is 268 g/mol. The van der Waals surface area contributed by atoms with Gasteiger partial charge >= 0.3 is 0 Å². The summed E-state index contributed by atoms with van der Waals surface area (Å²) in [7, 11) is 0. The number of thiazole rings is 1. The van der Waals surface area contributed by atoms with E-state index in [-0.39, 0.29) is 0 Å². The first-order valence-corrected chi connectivity index (χ1v) is 8.00. The van der Waals surface area contributed by atoms with Crippen LogP contribution in [0.1, 0.15) is 35.7 Å². The predicted molar refractivity (Wildman–Crippen MR) is 83.8 cm³/mol. The molecule has 0 amide bonds. The van der Waals surface area contributed by atoms with Gasteiger partial charge in [0.2, 0.25) is 0 Å². The van der Waals surface area contributed by atoms with E-state index in [0.717, 1.165) is 31.8 Å². The molecule has 0 spiro atoms. The van der Waals surface area contributed by atoms with E-state index < -0.39 is 0 Å². The van der Waals surface area contributed by atoms with Gasteiger partial charge in [0.1, 0.15) is 0 Å². The summed E-state index contributed by atoms with van der Waals surface area (Å²) >= 11 is 1.74. The summed E-state index contributed by atoms with van der Waals surface area (Å²) in [5.41, 5.74) is 3.69. The van der Waals surface area contributed by atoms with Gasteiger partial charge in [0.05, 0.1) is 17.3 Å². The minimum atomic E-state index is 0.686. The molecule has 108 valence electrons. The second-order valence-corrected chi connectivity index (χ2v) is 5.54. The maximum atomic E-state index is 5.50. The summed E-state index contributed by atoms with van der Waals surface area (Å²) in [4.78, 5) is 4.56. The summed E-state index contributed by atoms with van der Waals surface area (Å²) in [6.07, 6.45) is 1.02. The minimum absolute atomic E-state index is 0.686. The summed E-state index contributed by atoms with van der Waals surface area (Å²) < 4.78 is 5.50. The van der Waals surface area contributed by atoms with Gasteiger partial charge in [-0.15, -0.1) is 11.3 Å². The summed E-state index contributed by atoms with van der Waals surface area (Å²) in [6.45, 7) is 7.27. The van der Waals surface area contributed by atoms with Crippen LogP contribution in [0, 0.1) is 0 Å². The highest BCUT2D eigenvalue weighted by molar-refractivity contribution is 7.09. The van der Waals surface area contributed by atoms with Crippen LogP contribution in [0.15, 0.2) is 29.6 Å². The van der Waals surface area contributed by atoms with Gasteiger partial charge in [0.15, 0.2) is 0 Å². The van der Waals surface area contributed by atoms with Gasteiger partial charge in [-0.1, -0.05) is 31.2 Å². The van der Waals surface area contributed by atoms with Crippen LogP contribution in [0.4, 0.5) is 0 Å². The largest absolute Gasteiger partial charge is 0.377 e. The van der Waals surface area contributed by atoms with E-state index >= 15 is 0 Å². The Kier molecular flexibility index (Phi) is 6.18. The molecule has 1 aromatic carbocycles. The maximum Gasteiger partial charge on any atom is 0.0926 e. The van der Waals surface area contributed by atoms with Crippen LogP contribution in [0.5, 0.6) is 0 Å². The number of rotatable bonds is 8. The molecule has 0 aliphatic rings. The van der Waals surface area contributed by atoms with Crippen molar-refractivity contribution in [1.82, 2.24) is 10.3 Å². The molecule has 0 bridgehead atoms. The van der Waals surface area contributed by atoms with Crippen molar-refractivity contribution in [2.24, 2.45) is 0 Å². The van der Waals surface area contributed by atoms with Gasteiger partial charge < -0.3 is 10.1 Å². The third-order valence-corrected chi connectivity index (χ3v) is 4.15. The van der Waals surface area contributed by atoms with E-state index in [1.807, 2.05) is 6.92 Å². The van der Waals surface area contributed by atoms with E-state index in [9.17, 15) is 0 Å². The Hall–Kier alpha value is -1.23. The Morgan fingerprint density at radius 3 is 2.65 bits per heavy atom. The van der Waals surface area contributed by atoms with Crippen molar-refractivity contribution in [2.75, 3.05) is 6.61 Å². The first-order chi connectivity index (χ1) is 9.83. The molecule has 3 nitrogen and oxygen atoms in total. The highest BCUT2D eigenvalue weighted by atomic mass is 32.1.